The van der Waals surface area contributed by atoms with Crippen LogP contribution in [0.25, 0.3) is 0 Å². The molecule has 1 amide bonds. The van der Waals surface area contributed by atoms with E-state index in [1.165, 1.54) is 11.3 Å². The van der Waals surface area contributed by atoms with E-state index in [1.807, 2.05) is 18.7 Å². The second kappa shape index (κ2) is 6.45. The van der Waals surface area contributed by atoms with Crippen LogP contribution in [0.2, 0.25) is 0 Å². The maximum absolute atomic E-state index is 12.4. The molecule has 1 fully saturated rings. The van der Waals surface area contributed by atoms with Crippen LogP contribution in [0.15, 0.2) is 6.20 Å². The molecule has 2 atom stereocenters. The van der Waals surface area contributed by atoms with E-state index in [4.69, 9.17) is 4.74 Å². The lowest BCUT2D eigenvalue weighted by Gasteiger charge is -2.33. The quantitative estimate of drug-likeness (QED) is 0.913. The number of aromatic nitrogens is 1. The van der Waals surface area contributed by atoms with Crippen LogP contribution in [0.1, 0.15) is 41.6 Å². The zero-order valence-corrected chi connectivity index (χ0v) is 12.5. The Morgan fingerprint density at radius 2 is 2.53 bits per heavy atom. The van der Waals surface area contributed by atoms with Gasteiger partial charge in [0.05, 0.1) is 6.20 Å². The first-order valence-electron chi connectivity index (χ1n) is 6.72. The van der Waals surface area contributed by atoms with Crippen molar-refractivity contribution in [1.29, 1.82) is 0 Å². The Hall–Kier alpha value is -0.980. The molecule has 1 N–H and O–H groups in total. The van der Waals surface area contributed by atoms with E-state index in [0.717, 1.165) is 24.6 Å². The van der Waals surface area contributed by atoms with Gasteiger partial charge < -0.3 is 15.0 Å². The normalized spacial score (nSPS) is 21.4. The van der Waals surface area contributed by atoms with Crippen LogP contribution in [0, 0.1) is 0 Å². The largest absolute Gasteiger partial charge is 0.372 e. The van der Waals surface area contributed by atoms with Gasteiger partial charge in [-0.05, 0) is 20.8 Å². The second-order valence-corrected chi connectivity index (χ2v) is 5.77. The predicted molar refractivity (Wildman–Crippen MR) is 75.5 cm³/mol. The number of nitrogens with one attached hydrogen (secondary N) is 1. The molecule has 1 aromatic heterocycles. The molecule has 0 saturated carbocycles. The average molecular weight is 283 g/mol. The molecule has 2 rings (SSSR count). The molecule has 0 aliphatic carbocycles. The average Bonchev–Trinajstić information content (AvgIpc) is 2.88. The molecule has 2 heterocycles. The number of rotatable bonds is 4. The van der Waals surface area contributed by atoms with Gasteiger partial charge in [0.15, 0.2) is 0 Å². The van der Waals surface area contributed by atoms with Crippen LogP contribution in [0.3, 0.4) is 0 Å². The van der Waals surface area contributed by atoms with Gasteiger partial charge in [-0.3, -0.25) is 4.79 Å². The Morgan fingerprint density at radius 3 is 3.21 bits per heavy atom. The number of thiazole rings is 1. The molecule has 1 aromatic rings. The summed E-state index contributed by atoms with van der Waals surface area (Å²) in [6, 6.07) is 0.233. The first-order valence-corrected chi connectivity index (χ1v) is 7.54. The van der Waals surface area contributed by atoms with Crippen molar-refractivity contribution in [3.05, 3.63) is 16.1 Å². The molecule has 6 heteroatoms. The van der Waals surface area contributed by atoms with Crippen molar-refractivity contribution in [2.24, 2.45) is 0 Å². The lowest BCUT2D eigenvalue weighted by molar-refractivity contribution is 0.0660. The molecular weight excluding hydrogens is 262 g/mol. The highest BCUT2D eigenvalue weighted by Crippen LogP contribution is 2.24. The number of ether oxygens (including phenoxy) is 1. The van der Waals surface area contributed by atoms with Crippen molar-refractivity contribution >= 4 is 17.2 Å². The number of carbonyl (C=O) groups excluding carboxylic acids is 1. The molecule has 1 aliphatic rings. The number of nitrogens with zero attached hydrogens (tertiary/aromatic N) is 2. The summed E-state index contributed by atoms with van der Waals surface area (Å²) in [6.07, 6.45) is 1.63. The first kappa shape index (κ1) is 14.4. The van der Waals surface area contributed by atoms with E-state index >= 15 is 0 Å². The van der Waals surface area contributed by atoms with Gasteiger partial charge in [-0.25, -0.2) is 4.98 Å². The lowest BCUT2D eigenvalue weighted by atomic mass is 10.2. The Bertz CT molecular complexity index is 435. The van der Waals surface area contributed by atoms with Crippen molar-refractivity contribution in [3.63, 3.8) is 0 Å². The van der Waals surface area contributed by atoms with Gasteiger partial charge >= 0.3 is 0 Å². The highest BCUT2D eigenvalue weighted by atomic mass is 32.1. The molecule has 0 bridgehead atoms. The van der Waals surface area contributed by atoms with Gasteiger partial charge in [-0.15, -0.1) is 11.3 Å². The zero-order chi connectivity index (χ0) is 13.8. The molecule has 0 aromatic carbocycles. The minimum absolute atomic E-state index is 0.0444. The van der Waals surface area contributed by atoms with E-state index in [1.54, 1.807) is 6.20 Å². The van der Waals surface area contributed by atoms with Crippen molar-refractivity contribution in [2.45, 2.75) is 32.9 Å². The third-order valence-corrected chi connectivity index (χ3v) is 4.41. The van der Waals surface area contributed by atoms with Gasteiger partial charge in [0, 0.05) is 32.3 Å². The number of piperazine rings is 1. The lowest BCUT2D eigenvalue weighted by Crippen LogP contribution is -2.52. The second-order valence-electron chi connectivity index (χ2n) is 4.71. The number of amides is 1. The van der Waals surface area contributed by atoms with E-state index in [-0.39, 0.29) is 18.1 Å². The Kier molecular flexibility index (Phi) is 4.90. The molecule has 19 heavy (non-hydrogen) atoms. The Balaban J connectivity index is 2.07. The molecule has 0 spiro atoms. The van der Waals surface area contributed by atoms with E-state index in [2.05, 4.69) is 17.2 Å². The maximum atomic E-state index is 12.4. The molecule has 106 valence electrons. The van der Waals surface area contributed by atoms with Crippen molar-refractivity contribution in [3.8, 4) is 0 Å². The topological polar surface area (TPSA) is 54.5 Å². The summed E-state index contributed by atoms with van der Waals surface area (Å²) in [4.78, 5) is 19.4. The van der Waals surface area contributed by atoms with Gasteiger partial charge in [-0.2, -0.15) is 0 Å². The third kappa shape index (κ3) is 3.32. The predicted octanol–water partition coefficient (Wildman–Crippen LogP) is 1.67. The summed E-state index contributed by atoms with van der Waals surface area (Å²) in [7, 11) is 0. The molecule has 1 aliphatic heterocycles. The van der Waals surface area contributed by atoms with Crippen LogP contribution < -0.4 is 5.32 Å². The molecular formula is C13H21N3O2S. The van der Waals surface area contributed by atoms with Gasteiger partial charge in [0.25, 0.3) is 5.91 Å². The molecule has 5 nitrogen and oxygen atoms in total. The van der Waals surface area contributed by atoms with Crippen molar-refractivity contribution < 1.29 is 9.53 Å². The van der Waals surface area contributed by atoms with E-state index in [0.29, 0.717) is 11.5 Å². The number of hydrogen-bond donors (Lipinski definition) is 1. The van der Waals surface area contributed by atoms with E-state index < -0.39 is 0 Å². The molecule has 0 radical (unpaired) electrons. The summed E-state index contributed by atoms with van der Waals surface area (Å²) < 4.78 is 5.50. The van der Waals surface area contributed by atoms with Crippen LogP contribution in [0.4, 0.5) is 0 Å². The number of carbonyl (C=O) groups is 1. The monoisotopic (exact) mass is 283 g/mol. The fraction of sp³-hybridized carbons (Fsp3) is 0.692. The minimum atomic E-state index is -0.0444. The SMILES string of the molecule is CCOC(C)c1ncc(C(=O)N2CCNC[C@@H]2C)s1. The van der Waals surface area contributed by atoms with Crippen molar-refractivity contribution in [2.75, 3.05) is 26.2 Å². The highest BCUT2D eigenvalue weighted by molar-refractivity contribution is 7.13. The molecule has 1 unspecified atom stereocenters. The van der Waals surface area contributed by atoms with Crippen LogP contribution >= 0.6 is 11.3 Å². The highest BCUT2D eigenvalue weighted by Gasteiger charge is 2.26. The van der Waals surface area contributed by atoms with Gasteiger partial charge in [0.1, 0.15) is 16.0 Å². The maximum Gasteiger partial charge on any atom is 0.265 e. The summed E-state index contributed by atoms with van der Waals surface area (Å²) in [5.41, 5.74) is 0. The smallest absolute Gasteiger partial charge is 0.265 e. The van der Waals surface area contributed by atoms with Crippen LogP contribution in [-0.2, 0) is 4.74 Å². The summed E-state index contributed by atoms with van der Waals surface area (Å²) >= 11 is 1.44. The van der Waals surface area contributed by atoms with Gasteiger partial charge in [-0.1, -0.05) is 0 Å². The Labute approximate surface area is 118 Å². The minimum Gasteiger partial charge on any atom is -0.372 e. The summed E-state index contributed by atoms with van der Waals surface area (Å²) in [5.74, 6) is 0.0847. The summed E-state index contributed by atoms with van der Waals surface area (Å²) in [6.45, 7) is 9.11. The summed E-state index contributed by atoms with van der Waals surface area (Å²) in [5, 5.41) is 4.15. The molecule has 1 saturated heterocycles. The third-order valence-electron chi connectivity index (χ3n) is 3.26. The first-order chi connectivity index (χ1) is 9.13. The van der Waals surface area contributed by atoms with E-state index in [9.17, 15) is 4.79 Å². The van der Waals surface area contributed by atoms with Crippen LogP contribution in [-0.4, -0.2) is 48.1 Å². The number of hydrogen-bond acceptors (Lipinski definition) is 5. The standard InChI is InChI=1S/C13H21N3O2S/c1-4-18-10(3)12-15-8-11(19-12)13(17)16-6-5-14-7-9(16)2/h8-10,14H,4-7H2,1-3H3/t9-,10?/m0/s1. The van der Waals surface area contributed by atoms with Crippen LogP contribution in [0.5, 0.6) is 0 Å². The van der Waals surface area contributed by atoms with Gasteiger partial charge in [0.2, 0.25) is 0 Å². The Morgan fingerprint density at radius 1 is 1.74 bits per heavy atom. The fourth-order valence-electron chi connectivity index (χ4n) is 2.18. The zero-order valence-electron chi connectivity index (χ0n) is 11.7. The van der Waals surface area contributed by atoms with Crippen molar-refractivity contribution in [1.82, 2.24) is 15.2 Å². The fourth-order valence-corrected chi connectivity index (χ4v) is 3.05.